The number of nitrogens with one attached hydrogen (secondary N) is 1. The quantitative estimate of drug-likeness (QED) is 0.567. The fourth-order valence-electron chi connectivity index (χ4n) is 0.891. The zero-order valence-corrected chi connectivity index (χ0v) is 9.17. The molecule has 0 aromatic rings. The zero-order valence-electron chi connectivity index (χ0n) is 8.36. The first-order valence-electron chi connectivity index (χ1n) is 4.27. The Balaban J connectivity index is 4.48. The average molecular weight is 224 g/mol. The molecule has 0 aliphatic heterocycles. The molecule has 0 radical (unpaired) electrons. The standard InChI is InChI=1S/C7H16N2O4S/c1-3-9(6-7(11)8-2)14(12,13)5-4-10/h10H,3-6H2,1-2H3,(H,8,11). The van der Waals surface area contributed by atoms with Crippen LogP contribution in [-0.4, -0.2) is 56.2 Å². The number of carbonyl (C=O) groups is 1. The second-order valence-electron chi connectivity index (χ2n) is 2.64. The van der Waals surface area contributed by atoms with E-state index in [2.05, 4.69) is 5.32 Å². The fraction of sp³-hybridized carbons (Fsp3) is 0.857. The van der Waals surface area contributed by atoms with Crippen molar-refractivity contribution in [3.8, 4) is 0 Å². The average Bonchev–Trinajstić information content (AvgIpc) is 2.13. The van der Waals surface area contributed by atoms with E-state index in [9.17, 15) is 13.2 Å². The van der Waals surface area contributed by atoms with Crippen molar-refractivity contribution in [2.45, 2.75) is 6.92 Å². The Bertz CT molecular complexity index is 275. The van der Waals surface area contributed by atoms with Crippen LogP contribution in [0.15, 0.2) is 0 Å². The summed E-state index contributed by atoms with van der Waals surface area (Å²) in [4.78, 5) is 11.0. The van der Waals surface area contributed by atoms with E-state index < -0.39 is 16.6 Å². The van der Waals surface area contributed by atoms with E-state index in [1.807, 2.05) is 0 Å². The van der Waals surface area contributed by atoms with Crippen LogP contribution in [0.1, 0.15) is 6.92 Å². The first-order valence-corrected chi connectivity index (χ1v) is 5.88. The van der Waals surface area contributed by atoms with Crippen LogP contribution < -0.4 is 5.32 Å². The highest BCUT2D eigenvalue weighted by atomic mass is 32.2. The lowest BCUT2D eigenvalue weighted by Crippen LogP contribution is -2.41. The van der Waals surface area contributed by atoms with Gasteiger partial charge < -0.3 is 10.4 Å². The molecule has 1 amide bonds. The first-order chi connectivity index (χ1) is 6.47. The van der Waals surface area contributed by atoms with Crippen LogP contribution in [0.5, 0.6) is 0 Å². The van der Waals surface area contributed by atoms with Crippen LogP contribution >= 0.6 is 0 Å². The van der Waals surface area contributed by atoms with Crippen molar-refractivity contribution >= 4 is 15.9 Å². The summed E-state index contributed by atoms with van der Waals surface area (Å²) in [6.07, 6.45) is 0. The SMILES string of the molecule is CCN(CC(=O)NC)S(=O)(=O)CCO. The smallest absolute Gasteiger partial charge is 0.235 e. The normalized spacial score (nSPS) is 11.7. The third-order valence-corrected chi connectivity index (χ3v) is 3.57. The minimum atomic E-state index is -3.51. The highest BCUT2D eigenvalue weighted by Crippen LogP contribution is 1.99. The van der Waals surface area contributed by atoms with E-state index in [1.165, 1.54) is 7.05 Å². The molecule has 0 unspecified atom stereocenters. The summed E-state index contributed by atoms with van der Waals surface area (Å²) < 4.78 is 23.8. The van der Waals surface area contributed by atoms with E-state index in [-0.39, 0.29) is 24.7 Å². The number of hydrogen-bond acceptors (Lipinski definition) is 4. The van der Waals surface area contributed by atoms with E-state index in [0.717, 1.165) is 4.31 Å². The van der Waals surface area contributed by atoms with E-state index in [1.54, 1.807) is 6.92 Å². The van der Waals surface area contributed by atoms with Crippen molar-refractivity contribution in [3.63, 3.8) is 0 Å². The molecule has 0 aromatic heterocycles. The van der Waals surface area contributed by atoms with Gasteiger partial charge in [-0.2, -0.15) is 4.31 Å². The van der Waals surface area contributed by atoms with Crippen LogP contribution in [0.2, 0.25) is 0 Å². The Morgan fingerprint density at radius 1 is 1.50 bits per heavy atom. The highest BCUT2D eigenvalue weighted by molar-refractivity contribution is 7.89. The summed E-state index contributed by atoms with van der Waals surface area (Å²) in [5, 5.41) is 10.9. The molecule has 0 aliphatic rings. The molecule has 84 valence electrons. The molecule has 0 fully saturated rings. The maximum absolute atomic E-state index is 11.4. The molecule has 0 atom stereocenters. The molecule has 0 aromatic carbocycles. The second-order valence-corrected chi connectivity index (χ2v) is 4.73. The lowest BCUT2D eigenvalue weighted by Gasteiger charge is -2.18. The number of amides is 1. The van der Waals surface area contributed by atoms with Crippen LogP contribution in [0.4, 0.5) is 0 Å². The molecule has 2 N–H and O–H groups in total. The van der Waals surface area contributed by atoms with Gasteiger partial charge in [-0.05, 0) is 0 Å². The molecule has 14 heavy (non-hydrogen) atoms. The van der Waals surface area contributed by atoms with Crippen molar-refractivity contribution in [2.75, 3.05) is 32.5 Å². The van der Waals surface area contributed by atoms with Gasteiger partial charge in [0.15, 0.2) is 0 Å². The summed E-state index contributed by atoms with van der Waals surface area (Å²) in [6.45, 7) is 1.22. The maximum atomic E-state index is 11.4. The Labute approximate surface area is 84.0 Å². The number of nitrogens with zero attached hydrogens (tertiary/aromatic N) is 1. The molecule has 6 nitrogen and oxygen atoms in total. The number of carbonyl (C=O) groups excluding carboxylic acids is 1. The van der Waals surface area contributed by atoms with Gasteiger partial charge in [0.25, 0.3) is 0 Å². The van der Waals surface area contributed by atoms with Gasteiger partial charge in [0, 0.05) is 13.6 Å². The van der Waals surface area contributed by atoms with Crippen LogP contribution in [0.25, 0.3) is 0 Å². The van der Waals surface area contributed by atoms with Gasteiger partial charge in [-0.1, -0.05) is 6.92 Å². The minimum absolute atomic E-state index is 0.199. The second kappa shape index (κ2) is 5.94. The van der Waals surface area contributed by atoms with Crippen molar-refractivity contribution < 1.29 is 18.3 Å². The third kappa shape index (κ3) is 4.03. The molecule has 0 saturated heterocycles. The molecule has 0 aliphatic carbocycles. The third-order valence-electron chi connectivity index (χ3n) is 1.69. The number of hydrogen-bond donors (Lipinski definition) is 2. The van der Waals surface area contributed by atoms with E-state index in [0.29, 0.717) is 0 Å². The largest absolute Gasteiger partial charge is 0.395 e. The van der Waals surface area contributed by atoms with Crippen molar-refractivity contribution in [3.05, 3.63) is 0 Å². The molecule has 0 bridgehead atoms. The first kappa shape index (κ1) is 13.3. The van der Waals surface area contributed by atoms with Gasteiger partial charge in [0.2, 0.25) is 15.9 Å². The predicted octanol–water partition coefficient (Wildman–Crippen LogP) is -1.62. The Hall–Kier alpha value is -0.660. The highest BCUT2D eigenvalue weighted by Gasteiger charge is 2.21. The zero-order chi connectivity index (χ0) is 11.2. The number of rotatable bonds is 6. The molecule has 0 rings (SSSR count). The van der Waals surface area contributed by atoms with Gasteiger partial charge in [0.1, 0.15) is 0 Å². The lowest BCUT2D eigenvalue weighted by atomic mass is 10.5. The number of aliphatic hydroxyl groups excluding tert-OH is 1. The summed E-state index contributed by atoms with van der Waals surface area (Å²) in [6, 6.07) is 0. The maximum Gasteiger partial charge on any atom is 0.235 e. The molecule has 0 saturated carbocycles. The van der Waals surface area contributed by atoms with Crippen LogP contribution in [-0.2, 0) is 14.8 Å². The molecular formula is C7H16N2O4S. The molecular weight excluding hydrogens is 208 g/mol. The van der Waals surface area contributed by atoms with Gasteiger partial charge >= 0.3 is 0 Å². The van der Waals surface area contributed by atoms with Gasteiger partial charge in [-0.15, -0.1) is 0 Å². The van der Waals surface area contributed by atoms with Crippen LogP contribution in [0, 0.1) is 0 Å². The van der Waals surface area contributed by atoms with Crippen molar-refractivity contribution in [1.29, 1.82) is 0 Å². The number of sulfonamides is 1. The lowest BCUT2D eigenvalue weighted by molar-refractivity contribution is -0.120. The van der Waals surface area contributed by atoms with Gasteiger partial charge in [-0.25, -0.2) is 8.42 Å². The summed E-state index contributed by atoms with van der Waals surface area (Å²) in [7, 11) is -2.07. The summed E-state index contributed by atoms with van der Waals surface area (Å²) in [5.74, 6) is -0.717. The fourth-order valence-corrected chi connectivity index (χ4v) is 2.09. The van der Waals surface area contributed by atoms with Crippen molar-refractivity contribution in [1.82, 2.24) is 9.62 Å². The Morgan fingerprint density at radius 3 is 2.43 bits per heavy atom. The van der Waals surface area contributed by atoms with E-state index >= 15 is 0 Å². The summed E-state index contributed by atoms with van der Waals surface area (Å²) in [5.41, 5.74) is 0. The van der Waals surface area contributed by atoms with E-state index in [4.69, 9.17) is 5.11 Å². The topological polar surface area (TPSA) is 86.7 Å². The van der Waals surface area contributed by atoms with Crippen molar-refractivity contribution in [2.24, 2.45) is 0 Å². The molecule has 0 heterocycles. The van der Waals surface area contributed by atoms with Crippen LogP contribution in [0.3, 0.4) is 0 Å². The predicted molar refractivity (Wildman–Crippen MR) is 52.2 cm³/mol. The Morgan fingerprint density at radius 2 is 2.07 bits per heavy atom. The number of aliphatic hydroxyl groups is 1. The Kier molecular flexibility index (Phi) is 5.66. The molecule has 0 spiro atoms. The number of likely N-dealkylation sites (N-methyl/N-ethyl adjacent to an activating group) is 2. The van der Waals surface area contributed by atoms with Gasteiger partial charge in [0.05, 0.1) is 18.9 Å². The van der Waals surface area contributed by atoms with Gasteiger partial charge in [-0.3, -0.25) is 4.79 Å². The summed E-state index contributed by atoms with van der Waals surface area (Å²) >= 11 is 0. The minimum Gasteiger partial charge on any atom is -0.395 e. The molecule has 7 heteroatoms. The monoisotopic (exact) mass is 224 g/mol.